The van der Waals surface area contributed by atoms with Gasteiger partial charge in [-0.05, 0) is 18.5 Å². The lowest BCUT2D eigenvalue weighted by molar-refractivity contribution is -0.275. The molecule has 1 aromatic rings. The highest BCUT2D eigenvalue weighted by Crippen LogP contribution is 2.29. The van der Waals surface area contributed by atoms with Crippen molar-refractivity contribution in [2.24, 2.45) is 11.7 Å². The summed E-state index contributed by atoms with van der Waals surface area (Å²) in [5, 5.41) is 3.14. The predicted octanol–water partition coefficient (Wildman–Crippen LogP) is 2.83. The van der Waals surface area contributed by atoms with Gasteiger partial charge < -0.3 is 15.8 Å². The van der Waals surface area contributed by atoms with Crippen LogP contribution in [0.1, 0.15) is 25.5 Å². The first-order valence-corrected chi connectivity index (χ1v) is 6.11. The summed E-state index contributed by atoms with van der Waals surface area (Å²) < 4.78 is 41.0. The molecule has 1 atom stereocenters. The Balaban J connectivity index is 2.90. The van der Waals surface area contributed by atoms with Crippen LogP contribution in [0.15, 0.2) is 24.3 Å². The monoisotopic (exact) mass is 276 g/mol. The molecular weight excluding hydrogens is 257 g/mol. The van der Waals surface area contributed by atoms with E-state index in [1.54, 1.807) is 12.1 Å². The summed E-state index contributed by atoms with van der Waals surface area (Å²) in [6, 6.07) is 5.69. The van der Waals surface area contributed by atoms with Crippen molar-refractivity contribution < 1.29 is 17.9 Å². The van der Waals surface area contributed by atoms with Gasteiger partial charge in [0.05, 0.1) is 0 Å². The average Bonchev–Trinajstić information content (AvgIpc) is 2.29. The molecule has 1 aromatic carbocycles. The van der Waals surface area contributed by atoms with E-state index in [0.29, 0.717) is 18.0 Å². The Labute approximate surface area is 110 Å². The van der Waals surface area contributed by atoms with E-state index in [1.807, 2.05) is 13.8 Å². The topological polar surface area (TPSA) is 47.3 Å². The number of hydrogen-bond donors (Lipinski definition) is 2. The molecule has 0 aliphatic rings. The minimum atomic E-state index is -4.70. The largest absolute Gasteiger partial charge is 0.573 e. The van der Waals surface area contributed by atoms with Crippen LogP contribution in [0.5, 0.6) is 5.75 Å². The van der Waals surface area contributed by atoms with Crippen LogP contribution in [0.3, 0.4) is 0 Å². The van der Waals surface area contributed by atoms with Gasteiger partial charge in [0.1, 0.15) is 5.75 Å². The van der Waals surface area contributed by atoms with Crippen molar-refractivity contribution in [2.75, 3.05) is 13.1 Å². The number of rotatable bonds is 6. The zero-order valence-electron chi connectivity index (χ0n) is 11.0. The van der Waals surface area contributed by atoms with Gasteiger partial charge in [0, 0.05) is 18.2 Å². The third kappa shape index (κ3) is 5.48. The second-order valence-electron chi connectivity index (χ2n) is 4.68. The quantitative estimate of drug-likeness (QED) is 0.840. The van der Waals surface area contributed by atoms with Crippen molar-refractivity contribution >= 4 is 0 Å². The number of benzene rings is 1. The summed E-state index contributed by atoms with van der Waals surface area (Å²) in [5.74, 6) is 0.173. The lowest BCUT2D eigenvalue weighted by Gasteiger charge is -2.22. The van der Waals surface area contributed by atoms with Gasteiger partial charge in [-0.3, -0.25) is 0 Å². The SMILES string of the molecule is CC(C)CNC(CN)c1ccccc1OC(F)(F)F. The number of halogens is 3. The first-order chi connectivity index (χ1) is 8.83. The molecular formula is C13H19F3N2O. The molecule has 0 aliphatic heterocycles. The Morgan fingerprint density at radius 3 is 2.42 bits per heavy atom. The third-order valence-corrected chi connectivity index (χ3v) is 2.53. The number of para-hydroxylation sites is 1. The maximum Gasteiger partial charge on any atom is 0.573 e. The summed E-state index contributed by atoms with van der Waals surface area (Å²) in [5.41, 5.74) is 6.04. The zero-order chi connectivity index (χ0) is 14.5. The summed E-state index contributed by atoms with van der Waals surface area (Å²) in [7, 11) is 0. The first-order valence-electron chi connectivity index (χ1n) is 6.11. The van der Waals surface area contributed by atoms with Crippen LogP contribution in [-0.4, -0.2) is 19.5 Å². The maximum absolute atomic E-state index is 12.3. The number of nitrogens with one attached hydrogen (secondary N) is 1. The maximum atomic E-state index is 12.3. The number of hydrogen-bond acceptors (Lipinski definition) is 3. The highest BCUT2D eigenvalue weighted by atomic mass is 19.4. The molecule has 108 valence electrons. The lowest BCUT2D eigenvalue weighted by atomic mass is 10.0. The van der Waals surface area contributed by atoms with Crippen LogP contribution in [0.25, 0.3) is 0 Å². The summed E-state index contributed by atoms with van der Waals surface area (Å²) in [6.45, 7) is 4.89. The number of ether oxygens (including phenoxy) is 1. The Morgan fingerprint density at radius 1 is 1.26 bits per heavy atom. The van der Waals surface area contributed by atoms with E-state index >= 15 is 0 Å². The normalized spacial score (nSPS) is 13.6. The summed E-state index contributed by atoms with van der Waals surface area (Å²) in [6.07, 6.45) is -4.70. The molecule has 3 N–H and O–H groups in total. The van der Waals surface area contributed by atoms with Crippen molar-refractivity contribution in [1.82, 2.24) is 5.32 Å². The highest BCUT2D eigenvalue weighted by molar-refractivity contribution is 5.36. The van der Waals surface area contributed by atoms with Crippen LogP contribution >= 0.6 is 0 Å². The molecule has 0 saturated carbocycles. The second-order valence-corrected chi connectivity index (χ2v) is 4.68. The van der Waals surface area contributed by atoms with Crippen LogP contribution in [0.4, 0.5) is 13.2 Å². The molecule has 6 heteroatoms. The van der Waals surface area contributed by atoms with Gasteiger partial charge in [-0.15, -0.1) is 13.2 Å². The average molecular weight is 276 g/mol. The minimum Gasteiger partial charge on any atom is -0.405 e. The molecule has 0 amide bonds. The van der Waals surface area contributed by atoms with Crippen molar-refractivity contribution in [3.05, 3.63) is 29.8 Å². The molecule has 0 heterocycles. The van der Waals surface area contributed by atoms with Crippen LogP contribution in [-0.2, 0) is 0 Å². The van der Waals surface area contributed by atoms with Crippen molar-refractivity contribution in [2.45, 2.75) is 26.3 Å². The molecule has 0 aliphatic carbocycles. The van der Waals surface area contributed by atoms with E-state index in [4.69, 9.17) is 5.73 Å². The van der Waals surface area contributed by atoms with Gasteiger partial charge >= 0.3 is 6.36 Å². The first kappa shape index (κ1) is 15.8. The predicted molar refractivity (Wildman–Crippen MR) is 67.8 cm³/mol. The van der Waals surface area contributed by atoms with Crippen molar-refractivity contribution in [1.29, 1.82) is 0 Å². The van der Waals surface area contributed by atoms with E-state index < -0.39 is 6.36 Å². The standard InChI is InChI=1S/C13H19F3N2O/c1-9(2)8-18-11(7-17)10-5-3-4-6-12(10)19-13(14,15)16/h3-6,9,11,18H,7-8,17H2,1-2H3. The molecule has 0 fully saturated rings. The van der Waals surface area contributed by atoms with Gasteiger partial charge in [0.15, 0.2) is 0 Å². The Morgan fingerprint density at radius 2 is 1.89 bits per heavy atom. The summed E-state index contributed by atoms with van der Waals surface area (Å²) >= 11 is 0. The van der Waals surface area contributed by atoms with E-state index in [1.165, 1.54) is 12.1 Å². The molecule has 0 saturated heterocycles. The van der Waals surface area contributed by atoms with Gasteiger partial charge in [0.2, 0.25) is 0 Å². The van der Waals surface area contributed by atoms with Gasteiger partial charge in [-0.2, -0.15) is 0 Å². The number of nitrogens with two attached hydrogens (primary N) is 1. The highest BCUT2D eigenvalue weighted by Gasteiger charge is 2.32. The number of alkyl halides is 3. The Bertz CT molecular complexity index is 394. The Hall–Kier alpha value is -1.27. The molecule has 1 unspecified atom stereocenters. The van der Waals surface area contributed by atoms with Gasteiger partial charge in [-0.1, -0.05) is 32.0 Å². The Kier molecular flexibility index (Phi) is 5.62. The molecule has 1 rings (SSSR count). The van der Waals surface area contributed by atoms with Gasteiger partial charge in [-0.25, -0.2) is 0 Å². The van der Waals surface area contributed by atoms with E-state index in [9.17, 15) is 13.2 Å². The smallest absolute Gasteiger partial charge is 0.405 e. The fourth-order valence-corrected chi connectivity index (χ4v) is 1.68. The van der Waals surface area contributed by atoms with E-state index in [2.05, 4.69) is 10.1 Å². The summed E-state index contributed by atoms with van der Waals surface area (Å²) in [4.78, 5) is 0. The van der Waals surface area contributed by atoms with E-state index in [0.717, 1.165) is 0 Å². The van der Waals surface area contributed by atoms with Crippen LogP contribution < -0.4 is 15.8 Å². The molecule has 0 radical (unpaired) electrons. The fraction of sp³-hybridized carbons (Fsp3) is 0.538. The van der Waals surface area contributed by atoms with Crippen molar-refractivity contribution in [3.8, 4) is 5.75 Å². The second kappa shape index (κ2) is 6.77. The third-order valence-electron chi connectivity index (χ3n) is 2.53. The molecule has 0 aromatic heterocycles. The lowest BCUT2D eigenvalue weighted by Crippen LogP contribution is -2.32. The minimum absolute atomic E-state index is 0.199. The van der Waals surface area contributed by atoms with E-state index in [-0.39, 0.29) is 18.3 Å². The van der Waals surface area contributed by atoms with Crippen LogP contribution in [0, 0.1) is 5.92 Å². The van der Waals surface area contributed by atoms with Gasteiger partial charge in [0.25, 0.3) is 0 Å². The van der Waals surface area contributed by atoms with Crippen molar-refractivity contribution in [3.63, 3.8) is 0 Å². The molecule has 0 spiro atoms. The zero-order valence-corrected chi connectivity index (χ0v) is 11.0. The molecule has 3 nitrogen and oxygen atoms in total. The molecule has 0 bridgehead atoms. The molecule has 19 heavy (non-hydrogen) atoms. The van der Waals surface area contributed by atoms with Crippen LogP contribution in [0.2, 0.25) is 0 Å². The fourth-order valence-electron chi connectivity index (χ4n) is 1.68.